The monoisotopic (exact) mass is 366 g/mol. The third-order valence-electron chi connectivity index (χ3n) is 3.10. The molecule has 0 spiro atoms. The molecule has 0 bridgehead atoms. The Kier molecular flexibility index (Phi) is 4.71. The van der Waals surface area contributed by atoms with E-state index in [0.717, 1.165) is 15.8 Å². The van der Waals surface area contributed by atoms with E-state index in [-0.39, 0.29) is 12.5 Å². The van der Waals surface area contributed by atoms with Crippen LogP contribution in [0, 0.1) is 6.92 Å². The number of carbonyl (C=O) groups excluding carboxylic acids is 1. The number of halogens is 2. The SMILES string of the molecule is Cc1cc(OCC(=O)Nc2nc3ccc(Cl)cc3s2)ccc1Cl. The maximum atomic E-state index is 12.0. The largest absolute Gasteiger partial charge is 0.484 e. The molecule has 0 unspecified atom stereocenters. The Morgan fingerprint density at radius 1 is 1.26 bits per heavy atom. The number of aromatic nitrogens is 1. The minimum atomic E-state index is -0.275. The lowest BCUT2D eigenvalue weighted by molar-refractivity contribution is -0.118. The van der Waals surface area contributed by atoms with Crippen LogP contribution in [-0.4, -0.2) is 17.5 Å². The molecule has 0 radical (unpaired) electrons. The molecule has 0 saturated heterocycles. The molecular weight excluding hydrogens is 355 g/mol. The van der Waals surface area contributed by atoms with Gasteiger partial charge in [0, 0.05) is 10.0 Å². The Labute approximate surface area is 147 Å². The summed E-state index contributed by atoms with van der Waals surface area (Å²) in [4.78, 5) is 16.3. The third kappa shape index (κ3) is 3.93. The highest BCUT2D eigenvalue weighted by atomic mass is 35.5. The van der Waals surface area contributed by atoms with Gasteiger partial charge < -0.3 is 4.74 Å². The summed E-state index contributed by atoms with van der Waals surface area (Å²) in [6, 6.07) is 10.6. The summed E-state index contributed by atoms with van der Waals surface area (Å²) < 4.78 is 6.37. The van der Waals surface area contributed by atoms with Crippen LogP contribution in [0.2, 0.25) is 10.0 Å². The van der Waals surface area contributed by atoms with Crippen molar-refractivity contribution in [3.05, 3.63) is 52.0 Å². The van der Waals surface area contributed by atoms with Gasteiger partial charge in [-0.1, -0.05) is 34.5 Å². The topological polar surface area (TPSA) is 51.2 Å². The van der Waals surface area contributed by atoms with Gasteiger partial charge in [0.25, 0.3) is 5.91 Å². The summed E-state index contributed by atoms with van der Waals surface area (Å²) in [6.45, 7) is 1.78. The molecule has 0 aliphatic rings. The number of fused-ring (bicyclic) bond motifs is 1. The van der Waals surface area contributed by atoms with E-state index >= 15 is 0 Å². The second-order valence-electron chi connectivity index (χ2n) is 4.88. The van der Waals surface area contributed by atoms with Crippen LogP contribution in [-0.2, 0) is 4.79 Å². The molecule has 1 aromatic heterocycles. The summed E-state index contributed by atoms with van der Waals surface area (Å²) in [5.74, 6) is 0.320. The Balaban J connectivity index is 1.62. The van der Waals surface area contributed by atoms with E-state index in [0.29, 0.717) is 20.9 Å². The van der Waals surface area contributed by atoms with Crippen molar-refractivity contribution in [3.8, 4) is 5.75 Å². The highest BCUT2D eigenvalue weighted by molar-refractivity contribution is 7.22. The van der Waals surface area contributed by atoms with E-state index in [9.17, 15) is 4.79 Å². The van der Waals surface area contributed by atoms with Gasteiger partial charge in [-0.2, -0.15) is 0 Å². The average molecular weight is 367 g/mol. The first-order valence-corrected chi connectivity index (χ1v) is 8.33. The van der Waals surface area contributed by atoms with Crippen LogP contribution in [0.15, 0.2) is 36.4 Å². The summed E-state index contributed by atoms with van der Waals surface area (Å²) >= 11 is 13.3. The number of hydrogen-bond donors (Lipinski definition) is 1. The summed E-state index contributed by atoms with van der Waals surface area (Å²) in [5, 5.41) is 4.54. The number of benzene rings is 2. The Morgan fingerprint density at radius 3 is 2.87 bits per heavy atom. The van der Waals surface area contributed by atoms with Crippen LogP contribution in [0.5, 0.6) is 5.75 Å². The summed E-state index contributed by atoms with van der Waals surface area (Å²) in [6.07, 6.45) is 0. The van der Waals surface area contributed by atoms with Crippen molar-refractivity contribution in [2.45, 2.75) is 6.92 Å². The first-order valence-electron chi connectivity index (χ1n) is 6.76. The van der Waals surface area contributed by atoms with Gasteiger partial charge >= 0.3 is 0 Å². The zero-order valence-electron chi connectivity index (χ0n) is 12.1. The molecule has 4 nitrogen and oxygen atoms in total. The van der Waals surface area contributed by atoms with Crippen molar-refractivity contribution in [1.29, 1.82) is 0 Å². The first kappa shape index (κ1) is 16.1. The lowest BCUT2D eigenvalue weighted by Crippen LogP contribution is -2.20. The molecule has 1 N–H and O–H groups in total. The molecule has 0 aliphatic heterocycles. The standard InChI is InChI=1S/C16H12Cl2N2O2S/c1-9-6-11(3-4-12(9)18)22-8-15(21)20-16-19-13-5-2-10(17)7-14(13)23-16/h2-7H,8H2,1H3,(H,19,20,21). The number of ether oxygens (including phenoxy) is 1. The Hall–Kier alpha value is -1.82. The molecule has 0 aliphatic carbocycles. The number of thiazole rings is 1. The van der Waals surface area contributed by atoms with Crippen LogP contribution in [0.25, 0.3) is 10.2 Å². The number of nitrogens with zero attached hydrogens (tertiary/aromatic N) is 1. The van der Waals surface area contributed by atoms with Gasteiger partial charge in [-0.25, -0.2) is 4.98 Å². The Bertz CT molecular complexity index is 880. The molecule has 0 atom stereocenters. The van der Waals surface area contributed by atoms with E-state index < -0.39 is 0 Å². The fourth-order valence-corrected chi connectivity index (χ4v) is 3.24. The highest BCUT2D eigenvalue weighted by Crippen LogP contribution is 2.28. The summed E-state index contributed by atoms with van der Waals surface area (Å²) in [5.41, 5.74) is 1.69. The van der Waals surface area contributed by atoms with Crippen molar-refractivity contribution < 1.29 is 9.53 Å². The van der Waals surface area contributed by atoms with Gasteiger partial charge in [0.1, 0.15) is 5.75 Å². The van der Waals surface area contributed by atoms with Gasteiger partial charge in [-0.05, 0) is 48.9 Å². The lowest BCUT2D eigenvalue weighted by Gasteiger charge is -2.07. The number of anilines is 1. The second-order valence-corrected chi connectivity index (χ2v) is 6.75. The first-order chi connectivity index (χ1) is 11.0. The number of hydrogen-bond acceptors (Lipinski definition) is 4. The lowest BCUT2D eigenvalue weighted by atomic mass is 10.2. The van der Waals surface area contributed by atoms with Crippen molar-refractivity contribution in [3.63, 3.8) is 0 Å². The summed E-state index contributed by atoms with van der Waals surface area (Å²) in [7, 11) is 0. The molecule has 23 heavy (non-hydrogen) atoms. The van der Waals surface area contributed by atoms with Gasteiger partial charge in [-0.15, -0.1) is 0 Å². The van der Waals surface area contributed by atoms with Crippen LogP contribution >= 0.6 is 34.5 Å². The Morgan fingerprint density at radius 2 is 2.09 bits per heavy atom. The minimum Gasteiger partial charge on any atom is -0.484 e. The normalized spacial score (nSPS) is 10.7. The van der Waals surface area contributed by atoms with Gasteiger partial charge in [-0.3, -0.25) is 10.1 Å². The van der Waals surface area contributed by atoms with E-state index in [1.165, 1.54) is 11.3 Å². The van der Waals surface area contributed by atoms with Crippen LogP contribution in [0.1, 0.15) is 5.56 Å². The second kappa shape index (κ2) is 6.74. The van der Waals surface area contributed by atoms with E-state index in [4.69, 9.17) is 27.9 Å². The van der Waals surface area contributed by atoms with Crippen molar-refractivity contribution in [1.82, 2.24) is 4.98 Å². The molecule has 1 heterocycles. The zero-order chi connectivity index (χ0) is 16.4. The quantitative estimate of drug-likeness (QED) is 0.712. The number of carbonyl (C=O) groups is 1. The average Bonchev–Trinajstić information content (AvgIpc) is 2.89. The van der Waals surface area contributed by atoms with Crippen molar-refractivity contribution >= 4 is 55.8 Å². The van der Waals surface area contributed by atoms with E-state index in [2.05, 4.69) is 10.3 Å². The molecule has 0 saturated carbocycles. The zero-order valence-corrected chi connectivity index (χ0v) is 14.4. The smallest absolute Gasteiger partial charge is 0.264 e. The van der Waals surface area contributed by atoms with Crippen LogP contribution in [0.3, 0.4) is 0 Å². The van der Waals surface area contributed by atoms with Crippen molar-refractivity contribution in [2.24, 2.45) is 0 Å². The fourth-order valence-electron chi connectivity index (χ4n) is 1.96. The fraction of sp³-hybridized carbons (Fsp3) is 0.125. The highest BCUT2D eigenvalue weighted by Gasteiger charge is 2.09. The predicted molar refractivity (Wildman–Crippen MR) is 94.9 cm³/mol. The van der Waals surface area contributed by atoms with E-state index in [1.807, 2.05) is 19.1 Å². The molecule has 2 aromatic carbocycles. The van der Waals surface area contributed by atoms with Crippen LogP contribution in [0.4, 0.5) is 5.13 Å². The maximum absolute atomic E-state index is 12.0. The number of nitrogens with one attached hydrogen (secondary N) is 1. The maximum Gasteiger partial charge on any atom is 0.264 e. The molecule has 3 rings (SSSR count). The number of amides is 1. The van der Waals surface area contributed by atoms with E-state index in [1.54, 1.807) is 24.3 Å². The van der Waals surface area contributed by atoms with Gasteiger partial charge in [0.2, 0.25) is 0 Å². The number of aryl methyl sites for hydroxylation is 1. The third-order valence-corrected chi connectivity index (χ3v) is 4.69. The number of rotatable bonds is 4. The van der Waals surface area contributed by atoms with Gasteiger partial charge in [0.05, 0.1) is 10.2 Å². The minimum absolute atomic E-state index is 0.0995. The molecule has 3 aromatic rings. The molecule has 1 amide bonds. The van der Waals surface area contributed by atoms with Crippen LogP contribution < -0.4 is 10.1 Å². The van der Waals surface area contributed by atoms with Gasteiger partial charge in [0.15, 0.2) is 11.7 Å². The van der Waals surface area contributed by atoms with Crippen molar-refractivity contribution in [2.75, 3.05) is 11.9 Å². The molecule has 0 fully saturated rings. The predicted octanol–water partition coefficient (Wildman–Crippen LogP) is 4.93. The molecule has 118 valence electrons. The molecule has 7 heteroatoms. The molecular formula is C16H12Cl2N2O2S.